The van der Waals surface area contributed by atoms with Gasteiger partial charge >= 0.3 is 0 Å². The van der Waals surface area contributed by atoms with Crippen molar-refractivity contribution in [3.05, 3.63) is 52.8 Å². The van der Waals surface area contributed by atoms with Gasteiger partial charge in [0.25, 0.3) is 0 Å². The highest BCUT2D eigenvalue weighted by molar-refractivity contribution is 5.39. The van der Waals surface area contributed by atoms with Crippen molar-refractivity contribution in [3.8, 4) is 5.88 Å². The van der Waals surface area contributed by atoms with Crippen LogP contribution in [0.5, 0.6) is 5.88 Å². The number of aryl methyl sites for hydroxylation is 2. The fourth-order valence-corrected chi connectivity index (χ4v) is 1.96. The molecule has 19 heavy (non-hydrogen) atoms. The van der Waals surface area contributed by atoms with Crippen LogP contribution in [0.3, 0.4) is 0 Å². The molecule has 0 fully saturated rings. The predicted molar refractivity (Wildman–Crippen MR) is 74.0 cm³/mol. The summed E-state index contributed by atoms with van der Waals surface area (Å²) in [5, 5.41) is 3.20. The third-order valence-corrected chi connectivity index (χ3v) is 2.90. The van der Waals surface area contributed by atoms with Gasteiger partial charge in [-0.3, -0.25) is 0 Å². The maximum atomic E-state index is 13.5. The average molecular weight is 260 g/mol. The van der Waals surface area contributed by atoms with Crippen LogP contribution in [0.1, 0.15) is 16.7 Å². The van der Waals surface area contributed by atoms with E-state index < -0.39 is 0 Å². The lowest BCUT2D eigenvalue weighted by molar-refractivity contribution is 0.398. The summed E-state index contributed by atoms with van der Waals surface area (Å²) in [7, 11) is 1.58. The minimum atomic E-state index is -0.136. The fraction of sp³-hybridized carbons (Fsp3) is 0.267. The van der Waals surface area contributed by atoms with Crippen molar-refractivity contribution in [2.45, 2.75) is 20.4 Å². The number of aromatic nitrogens is 1. The lowest BCUT2D eigenvalue weighted by Gasteiger charge is -2.09. The van der Waals surface area contributed by atoms with Crippen LogP contribution in [0.25, 0.3) is 0 Å². The van der Waals surface area contributed by atoms with Gasteiger partial charge in [0.15, 0.2) is 0 Å². The molecule has 0 unspecified atom stereocenters. The molecule has 2 aromatic rings. The number of pyridine rings is 1. The number of halogens is 1. The van der Waals surface area contributed by atoms with Gasteiger partial charge in [-0.2, -0.15) is 4.98 Å². The standard InChI is InChI=1S/C15H17FN2O/c1-10-7-12(8-11(2)15(10)16)9-17-13-5-4-6-14(18-13)19-3/h4-8H,9H2,1-3H3,(H,17,18). The van der Waals surface area contributed by atoms with Gasteiger partial charge < -0.3 is 10.1 Å². The SMILES string of the molecule is COc1cccc(NCc2cc(C)c(F)c(C)c2)n1. The molecule has 0 aliphatic carbocycles. The van der Waals surface area contributed by atoms with E-state index in [9.17, 15) is 4.39 Å². The molecule has 1 N–H and O–H groups in total. The highest BCUT2D eigenvalue weighted by Crippen LogP contribution is 2.16. The Morgan fingerprint density at radius 3 is 2.53 bits per heavy atom. The molecule has 0 amide bonds. The summed E-state index contributed by atoms with van der Waals surface area (Å²) < 4.78 is 18.6. The van der Waals surface area contributed by atoms with E-state index in [0.717, 1.165) is 11.4 Å². The Balaban J connectivity index is 2.10. The third-order valence-electron chi connectivity index (χ3n) is 2.90. The predicted octanol–water partition coefficient (Wildman–Crippen LogP) is 3.46. The largest absolute Gasteiger partial charge is 0.481 e. The van der Waals surface area contributed by atoms with Crippen LogP contribution in [0.15, 0.2) is 30.3 Å². The first kappa shape index (κ1) is 13.3. The number of hydrogen-bond acceptors (Lipinski definition) is 3. The number of ether oxygens (including phenoxy) is 1. The molecule has 0 spiro atoms. The van der Waals surface area contributed by atoms with Crippen LogP contribution in [0.4, 0.5) is 10.2 Å². The van der Waals surface area contributed by atoms with Gasteiger partial charge in [-0.05, 0) is 36.6 Å². The molecule has 1 aromatic carbocycles. The molecule has 1 heterocycles. The van der Waals surface area contributed by atoms with Crippen molar-refractivity contribution in [1.82, 2.24) is 4.98 Å². The molecule has 0 bridgehead atoms. The number of methoxy groups -OCH3 is 1. The summed E-state index contributed by atoms with van der Waals surface area (Å²) in [5.74, 6) is 1.17. The maximum absolute atomic E-state index is 13.5. The normalized spacial score (nSPS) is 10.3. The van der Waals surface area contributed by atoms with Gasteiger partial charge in [-0.15, -0.1) is 0 Å². The van der Waals surface area contributed by atoms with Gasteiger partial charge in [0.2, 0.25) is 5.88 Å². The quantitative estimate of drug-likeness (QED) is 0.914. The first-order valence-corrected chi connectivity index (χ1v) is 6.10. The second-order valence-corrected chi connectivity index (χ2v) is 4.46. The highest BCUT2D eigenvalue weighted by Gasteiger charge is 2.04. The van der Waals surface area contributed by atoms with E-state index in [1.807, 2.05) is 24.3 Å². The van der Waals surface area contributed by atoms with Crippen molar-refractivity contribution in [3.63, 3.8) is 0 Å². The molecule has 0 radical (unpaired) electrons. The molecule has 0 saturated heterocycles. The molecule has 4 heteroatoms. The number of anilines is 1. The number of nitrogens with zero attached hydrogens (tertiary/aromatic N) is 1. The fourth-order valence-electron chi connectivity index (χ4n) is 1.96. The average Bonchev–Trinajstić information content (AvgIpc) is 2.42. The van der Waals surface area contributed by atoms with Crippen LogP contribution in [-0.2, 0) is 6.54 Å². The molecule has 1 aromatic heterocycles. The molecular weight excluding hydrogens is 243 g/mol. The van der Waals surface area contributed by atoms with Crippen LogP contribution < -0.4 is 10.1 Å². The second kappa shape index (κ2) is 5.69. The summed E-state index contributed by atoms with van der Waals surface area (Å²) in [6.45, 7) is 4.15. The van der Waals surface area contributed by atoms with Crippen LogP contribution in [-0.4, -0.2) is 12.1 Å². The van der Waals surface area contributed by atoms with Crippen LogP contribution in [0, 0.1) is 19.7 Å². The first-order valence-electron chi connectivity index (χ1n) is 6.10. The van der Waals surface area contributed by atoms with Gasteiger partial charge in [-0.25, -0.2) is 4.39 Å². The Hall–Kier alpha value is -2.10. The number of nitrogens with one attached hydrogen (secondary N) is 1. The molecule has 3 nitrogen and oxygen atoms in total. The lowest BCUT2D eigenvalue weighted by atomic mass is 10.1. The van der Waals surface area contributed by atoms with Crippen LogP contribution >= 0.6 is 0 Å². The third kappa shape index (κ3) is 3.22. The zero-order valence-electron chi connectivity index (χ0n) is 11.3. The Morgan fingerprint density at radius 2 is 1.89 bits per heavy atom. The Bertz CT molecular complexity index is 561. The molecule has 0 aliphatic rings. The van der Waals surface area contributed by atoms with E-state index in [2.05, 4.69) is 10.3 Å². The van der Waals surface area contributed by atoms with Crippen molar-refractivity contribution >= 4 is 5.82 Å². The van der Waals surface area contributed by atoms with Gasteiger partial charge in [0, 0.05) is 12.6 Å². The molecule has 0 aliphatic heterocycles. The minimum absolute atomic E-state index is 0.136. The summed E-state index contributed by atoms with van der Waals surface area (Å²) in [4.78, 5) is 4.26. The van der Waals surface area contributed by atoms with E-state index in [1.54, 1.807) is 27.0 Å². The van der Waals surface area contributed by atoms with E-state index in [1.165, 1.54) is 0 Å². The second-order valence-electron chi connectivity index (χ2n) is 4.46. The Labute approximate surface area is 112 Å². The molecular formula is C15H17FN2O. The topological polar surface area (TPSA) is 34.1 Å². The molecule has 2 rings (SSSR count). The zero-order valence-corrected chi connectivity index (χ0v) is 11.3. The highest BCUT2D eigenvalue weighted by atomic mass is 19.1. The monoisotopic (exact) mass is 260 g/mol. The summed E-state index contributed by atoms with van der Waals surface area (Å²) in [6, 6.07) is 9.21. The van der Waals surface area contributed by atoms with E-state index in [4.69, 9.17) is 4.74 Å². The smallest absolute Gasteiger partial charge is 0.214 e. The summed E-state index contributed by atoms with van der Waals surface area (Å²) >= 11 is 0. The Kier molecular flexibility index (Phi) is 4.00. The minimum Gasteiger partial charge on any atom is -0.481 e. The van der Waals surface area contributed by atoms with Crippen LogP contribution in [0.2, 0.25) is 0 Å². The number of benzene rings is 1. The van der Waals surface area contributed by atoms with E-state index in [0.29, 0.717) is 23.6 Å². The molecule has 0 saturated carbocycles. The van der Waals surface area contributed by atoms with Crippen molar-refractivity contribution in [2.75, 3.05) is 12.4 Å². The molecule has 100 valence electrons. The van der Waals surface area contributed by atoms with Crippen molar-refractivity contribution in [2.24, 2.45) is 0 Å². The molecule has 0 atom stereocenters. The lowest BCUT2D eigenvalue weighted by Crippen LogP contribution is -2.03. The summed E-state index contributed by atoms with van der Waals surface area (Å²) in [6.07, 6.45) is 0. The number of hydrogen-bond donors (Lipinski definition) is 1. The summed E-state index contributed by atoms with van der Waals surface area (Å²) in [5.41, 5.74) is 2.35. The van der Waals surface area contributed by atoms with Gasteiger partial charge in [0.1, 0.15) is 11.6 Å². The van der Waals surface area contributed by atoms with E-state index >= 15 is 0 Å². The Morgan fingerprint density at radius 1 is 1.21 bits per heavy atom. The first-order chi connectivity index (χ1) is 9.10. The van der Waals surface area contributed by atoms with Gasteiger partial charge in [0.05, 0.1) is 7.11 Å². The van der Waals surface area contributed by atoms with Crippen molar-refractivity contribution in [1.29, 1.82) is 0 Å². The number of rotatable bonds is 4. The van der Waals surface area contributed by atoms with E-state index in [-0.39, 0.29) is 5.82 Å². The zero-order chi connectivity index (χ0) is 13.8. The maximum Gasteiger partial charge on any atom is 0.214 e. The van der Waals surface area contributed by atoms with Crippen molar-refractivity contribution < 1.29 is 9.13 Å². The van der Waals surface area contributed by atoms with Gasteiger partial charge in [-0.1, -0.05) is 18.2 Å².